The van der Waals surface area contributed by atoms with E-state index in [1.54, 1.807) is 23.7 Å². The third-order valence-corrected chi connectivity index (χ3v) is 2.96. The number of halogens is 1. The standard InChI is InChI=1S/C9H9IN4S/c10-7-3-12-9(13-4-7)11-2-1-8-5-15-6-14-8/h3-6H,1-2H2,(H,11,12,13). The Bertz CT molecular complexity index is 401. The van der Waals surface area contributed by atoms with Crippen LogP contribution in [0.1, 0.15) is 5.69 Å². The molecule has 15 heavy (non-hydrogen) atoms. The van der Waals surface area contributed by atoms with Crippen molar-refractivity contribution in [3.05, 3.63) is 32.5 Å². The van der Waals surface area contributed by atoms with Gasteiger partial charge in [-0.2, -0.15) is 0 Å². The topological polar surface area (TPSA) is 50.7 Å². The van der Waals surface area contributed by atoms with Crippen molar-refractivity contribution in [2.45, 2.75) is 6.42 Å². The Morgan fingerprint density at radius 2 is 2.07 bits per heavy atom. The van der Waals surface area contributed by atoms with Gasteiger partial charge in [0.05, 0.1) is 11.2 Å². The maximum atomic E-state index is 4.20. The average molecular weight is 332 g/mol. The highest BCUT2D eigenvalue weighted by molar-refractivity contribution is 14.1. The fraction of sp³-hybridized carbons (Fsp3) is 0.222. The van der Waals surface area contributed by atoms with Crippen molar-refractivity contribution in [3.63, 3.8) is 0 Å². The maximum Gasteiger partial charge on any atom is 0.222 e. The number of hydrogen-bond acceptors (Lipinski definition) is 5. The van der Waals surface area contributed by atoms with Gasteiger partial charge < -0.3 is 5.32 Å². The number of nitrogens with zero attached hydrogens (tertiary/aromatic N) is 3. The molecule has 2 rings (SSSR count). The first kappa shape index (κ1) is 10.7. The lowest BCUT2D eigenvalue weighted by Crippen LogP contribution is -2.07. The number of aromatic nitrogens is 3. The molecule has 0 bridgehead atoms. The molecule has 0 saturated carbocycles. The largest absolute Gasteiger partial charge is 0.354 e. The second kappa shape index (κ2) is 5.36. The van der Waals surface area contributed by atoms with Crippen molar-refractivity contribution in [3.8, 4) is 0 Å². The van der Waals surface area contributed by atoms with Crippen molar-refractivity contribution in [2.24, 2.45) is 0 Å². The van der Waals surface area contributed by atoms with Gasteiger partial charge in [0.2, 0.25) is 5.95 Å². The van der Waals surface area contributed by atoms with Gasteiger partial charge in [-0.25, -0.2) is 15.0 Å². The van der Waals surface area contributed by atoms with Gasteiger partial charge in [0.25, 0.3) is 0 Å². The summed E-state index contributed by atoms with van der Waals surface area (Å²) in [5.74, 6) is 0.672. The SMILES string of the molecule is Ic1cnc(NCCc2cscn2)nc1. The minimum atomic E-state index is 0.672. The quantitative estimate of drug-likeness (QED) is 0.872. The molecule has 0 aliphatic heterocycles. The van der Waals surface area contributed by atoms with E-state index >= 15 is 0 Å². The predicted molar refractivity (Wildman–Crippen MR) is 69.1 cm³/mol. The average Bonchev–Trinajstić information content (AvgIpc) is 2.74. The van der Waals surface area contributed by atoms with Crippen LogP contribution in [-0.2, 0) is 6.42 Å². The van der Waals surface area contributed by atoms with Crippen LogP contribution in [0, 0.1) is 3.57 Å². The van der Waals surface area contributed by atoms with Gasteiger partial charge in [-0.1, -0.05) is 0 Å². The normalized spacial score (nSPS) is 10.2. The van der Waals surface area contributed by atoms with Crippen LogP contribution >= 0.6 is 33.9 Å². The Kier molecular flexibility index (Phi) is 3.84. The monoisotopic (exact) mass is 332 g/mol. The summed E-state index contributed by atoms with van der Waals surface area (Å²) in [6.45, 7) is 0.810. The van der Waals surface area contributed by atoms with Gasteiger partial charge in [0.1, 0.15) is 0 Å². The van der Waals surface area contributed by atoms with E-state index in [2.05, 4.69) is 48.2 Å². The first-order valence-electron chi connectivity index (χ1n) is 4.43. The summed E-state index contributed by atoms with van der Waals surface area (Å²) < 4.78 is 1.04. The van der Waals surface area contributed by atoms with Crippen LogP contribution in [0.2, 0.25) is 0 Å². The summed E-state index contributed by atoms with van der Waals surface area (Å²) >= 11 is 3.80. The second-order valence-electron chi connectivity index (χ2n) is 2.88. The van der Waals surface area contributed by atoms with E-state index in [-0.39, 0.29) is 0 Å². The molecule has 0 fully saturated rings. The smallest absolute Gasteiger partial charge is 0.222 e. The summed E-state index contributed by atoms with van der Waals surface area (Å²) in [7, 11) is 0. The van der Waals surface area contributed by atoms with Crippen molar-refractivity contribution < 1.29 is 0 Å². The molecule has 78 valence electrons. The molecule has 0 saturated heterocycles. The van der Waals surface area contributed by atoms with Crippen molar-refractivity contribution >= 4 is 39.9 Å². The zero-order valence-electron chi connectivity index (χ0n) is 7.85. The second-order valence-corrected chi connectivity index (χ2v) is 4.85. The minimum Gasteiger partial charge on any atom is -0.354 e. The van der Waals surface area contributed by atoms with Crippen molar-refractivity contribution in [2.75, 3.05) is 11.9 Å². The van der Waals surface area contributed by atoms with Crippen LogP contribution in [0.4, 0.5) is 5.95 Å². The summed E-state index contributed by atoms with van der Waals surface area (Å²) in [5, 5.41) is 5.20. The Morgan fingerprint density at radius 1 is 1.27 bits per heavy atom. The van der Waals surface area contributed by atoms with Crippen LogP contribution in [-0.4, -0.2) is 21.5 Å². The van der Waals surface area contributed by atoms with Crippen LogP contribution in [0.15, 0.2) is 23.3 Å². The number of nitrogens with one attached hydrogen (secondary N) is 1. The lowest BCUT2D eigenvalue weighted by molar-refractivity contribution is 0.952. The Morgan fingerprint density at radius 3 is 2.73 bits per heavy atom. The van der Waals surface area contributed by atoms with Gasteiger partial charge in [-0.15, -0.1) is 11.3 Å². The highest BCUT2D eigenvalue weighted by Gasteiger charge is 1.97. The van der Waals surface area contributed by atoms with E-state index in [9.17, 15) is 0 Å². The number of thiazole rings is 1. The van der Waals surface area contributed by atoms with E-state index in [0.717, 1.165) is 22.2 Å². The van der Waals surface area contributed by atoms with Crippen LogP contribution in [0.5, 0.6) is 0 Å². The fourth-order valence-electron chi connectivity index (χ4n) is 1.07. The molecule has 0 unspecified atom stereocenters. The van der Waals surface area contributed by atoms with E-state index in [4.69, 9.17) is 0 Å². The van der Waals surface area contributed by atoms with E-state index in [0.29, 0.717) is 5.95 Å². The molecule has 0 aliphatic rings. The Hall–Kier alpha value is -0.760. The number of hydrogen-bond donors (Lipinski definition) is 1. The van der Waals surface area contributed by atoms with Crippen LogP contribution in [0.3, 0.4) is 0 Å². The first-order chi connectivity index (χ1) is 7.34. The predicted octanol–water partition coefficient (Wildman–Crippen LogP) is 2.19. The molecule has 0 atom stereocenters. The molecule has 2 aromatic heterocycles. The maximum absolute atomic E-state index is 4.20. The fourth-order valence-corrected chi connectivity index (χ4v) is 1.94. The molecule has 2 heterocycles. The molecule has 2 aromatic rings. The molecule has 0 amide bonds. The van der Waals surface area contributed by atoms with E-state index in [1.165, 1.54) is 0 Å². The highest BCUT2D eigenvalue weighted by Crippen LogP contribution is 2.04. The number of anilines is 1. The molecule has 0 radical (unpaired) electrons. The third-order valence-electron chi connectivity index (χ3n) is 1.77. The minimum absolute atomic E-state index is 0.672. The van der Waals surface area contributed by atoms with Crippen LogP contribution in [0.25, 0.3) is 0 Å². The molecule has 0 aliphatic carbocycles. The lowest BCUT2D eigenvalue weighted by Gasteiger charge is -2.02. The van der Waals surface area contributed by atoms with Gasteiger partial charge in [0.15, 0.2) is 0 Å². The molecule has 6 heteroatoms. The molecular formula is C9H9IN4S. The zero-order valence-corrected chi connectivity index (χ0v) is 10.8. The Balaban J connectivity index is 1.81. The summed E-state index contributed by atoms with van der Waals surface area (Å²) in [6, 6.07) is 0. The number of rotatable bonds is 4. The van der Waals surface area contributed by atoms with Crippen molar-refractivity contribution in [1.82, 2.24) is 15.0 Å². The van der Waals surface area contributed by atoms with Gasteiger partial charge in [0, 0.05) is 34.3 Å². The first-order valence-corrected chi connectivity index (χ1v) is 6.45. The lowest BCUT2D eigenvalue weighted by atomic mass is 10.3. The summed E-state index contributed by atoms with van der Waals surface area (Å²) in [5.41, 5.74) is 2.95. The molecule has 0 aromatic carbocycles. The Labute approximate surface area is 105 Å². The summed E-state index contributed by atoms with van der Waals surface area (Å²) in [6.07, 6.45) is 4.48. The van der Waals surface area contributed by atoms with Gasteiger partial charge in [-0.3, -0.25) is 0 Å². The van der Waals surface area contributed by atoms with E-state index in [1.807, 2.05) is 5.51 Å². The molecule has 0 spiro atoms. The van der Waals surface area contributed by atoms with Gasteiger partial charge >= 0.3 is 0 Å². The van der Waals surface area contributed by atoms with E-state index < -0.39 is 0 Å². The molecule has 1 N–H and O–H groups in total. The van der Waals surface area contributed by atoms with Crippen molar-refractivity contribution in [1.29, 1.82) is 0 Å². The highest BCUT2D eigenvalue weighted by atomic mass is 127. The molecule has 4 nitrogen and oxygen atoms in total. The third kappa shape index (κ3) is 3.38. The van der Waals surface area contributed by atoms with Crippen LogP contribution < -0.4 is 5.32 Å². The summed E-state index contributed by atoms with van der Waals surface area (Å²) in [4.78, 5) is 12.5. The zero-order chi connectivity index (χ0) is 10.5. The molecular weight excluding hydrogens is 323 g/mol. The van der Waals surface area contributed by atoms with Gasteiger partial charge in [-0.05, 0) is 22.6 Å².